The summed E-state index contributed by atoms with van der Waals surface area (Å²) < 4.78 is 10.7. The van der Waals surface area contributed by atoms with Gasteiger partial charge in [-0.1, -0.05) is 20.8 Å². The molecule has 1 N–H and O–H groups in total. The van der Waals surface area contributed by atoms with Gasteiger partial charge in [0.15, 0.2) is 0 Å². The monoisotopic (exact) mass is 258 g/mol. The number of ether oxygens (including phenoxy) is 2. The molecule has 0 saturated carbocycles. The normalized spacial score (nSPS) is 28.5. The molecule has 18 heavy (non-hydrogen) atoms. The number of nitrogens with zero attached hydrogens (tertiary/aromatic N) is 1. The van der Waals surface area contributed by atoms with E-state index in [0.717, 1.165) is 45.5 Å². The summed E-state index contributed by atoms with van der Waals surface area (Å²) in [6, 6.07) is 0. The maximum absolute atomic E-state index is 5.82. The second-order valence-electron chi connectivity index (χ2n) is 5.59. The molecule has 0 aromatic carbocycles. The predicted octanol–water partition coefficient (Wildman–Crippen LogP) is 2.05. The SMILES string of the molecule is C1COCN1.CCN1CCOC1(C)CCC(C)C. The molecule has 2 rings (SSSR count). The number of rotatable bonds is 4. The third-order valence-corrected chi connectivity index (χ3v) is 3.64. The fraction of sp³-hybridized carbons (Fsp3) is 1.00. The van der Waals surface area contributed by atoms with Crippen molar-refractivity contribution >= 4 is 0 Å². The molecule has 0 radical (unpaired) electrons. The Balaban J connectivity index is 0.000000269. The molecule has 2 aliphatic heterocycles. The Bertz CT molecular complexity index is 212. The van der Waals surface area contributed by atoms with Gasteiger partial charge in [-0.05, 0) is 32.2 Å². The van der Waals surface area contributed by atoms with Crippen molar-refractivity contribution in [3.05, 3.63) is 0 Å². The summed E-state index contributed by atoms with van der Waals surface area (Å²) >= 11 is 0. The first kappa shape index (κ1) is 15.9. The third kappa shape index (κ3) is 5.22. The Labute approximate surface area is 112 Å². The molecule has 0 aliphatic carbocycles. The quantitative estimate of drug-likeness (QED) is 0.837. The minimum absolute atomic E-state index is 0.0268. The molecule has 4 nitrogen and oxygen atoms in total. The first-order valence-electron chi connectivity index (χ1n) is 7.26. The van der Waals surface area contributed by atoms with Gasteiger partial charge in [-0.15, -0.1) is 0 Å². The highest BCUT2D eigenvalue weighted by molar-refractivity contribution is 4.81. The first-order valence-corrected chi connectivity index (χ1v) is 7.26. The van der Waals surface area contributed by atoms with E-state index in [-0.39, 0.29) is 5.72 Å². The lowest BCUT2D eigenvalue weighted by Gasteiger charge is -2.33. The Hall–Kier alpha value is -0.160. The number of nitrogens with one attached hydrogen (secondary N) is 1. The summed E-state index contributed by atoms with van der Waals surface area (Å²) in [5.74, 6) is 0.778. The van der Waals surface area contributed by atoms with E-state index in [2.05, 4.69) is 37.9 Å². The van der Waals surface area contributed by atoms with Crippen LogP contribution in [0, 0.1) is 5.92 Å². The molecule has 2 fully saturated rings. The highest BCUT2D eigenvalue weighted by Crippen LogP contribution is 2.28. The van der Waals surface area contributed by atoms with Crippen LogP contribution in [0.15, 0.2) is 0 Å². The van der Waals surface area contributed by atoms with E-state index >= 15 is 0 Å². The molecule has 4 heteroatoms. The topological polar surface area (TPSA) is 33.7 Å². The molecule has 0 spiro atoms. The van der Waals surface area contributed by atoms with E-state index in [9.17, 15) is 0 Å². The molecule has 2 saturated heterocycles. The highest BCUT2D eigenvalue weighted by Gasteiger charge is 2.36. The third-order valence-electron chi connectivity index (χ3n) is 3.64. The Morgan fingerprint density at radius 2 is 2.11 bits per heavy atom. The van der Waals surface area contributed by atoms with Gasteiger partial charge in [0.25, 0.3) is 0 Å². The van der Waals surface area contributed by atoms with Crippen LogP contribution in [0.4, 0.5) is 0 Å². The standard InChI is InChI=1S/C11H23NO.C3H7NO/c1-5-12-8-9-13-11(12,4)7-6-10(2)3;1-2-5-3-4-1/h10H,5-9H2,1-4H3;4H,1-3H2. The predicted molar refractivity (Wildman–Crippen MR) is 74.5 cm³/mol. The van der Waals surface area contributed by atoms with E-state index in [1.54, 1.807) is 0 Å². The lowest BCUT2D eigenvalue weighted by atomic mass is 10.0. The van der Waals surface area contributed by atoms with Crippen LogP contribution in [0.1, 0.15) is 40.5 Å². The molecule has 0 bridgehead atoms. The Morgan fingerprint density at radius 3 is 2.56 bits per heavy atom. The molecule has 0 aromatic heterocycles. The van der Waals surface area contributed by atoms with Gasteiger partial charge in [0.05, 0.1) is 19.9 Å². The van der Waals surface area contributed by atoms with E-state index in [1.165, 1.54) is 12.8 Å². The smallest absolute Gasteiger partial charge is 0.119 e. The van der Waals surface area contributed by atoms with E-state index in [1.807, 2.05) is 0 Å². The van der Waals surface area contributed by atoms with Gasteiger partial charge in [-0.2, -0.15) is 0 Å². The summed E-state index contributed by atoms with van der Waals surface area (Å²) in [4.78, 5) is 2.44. The van der Waals surface area contributed by atoms with Crippen LogP contribution in [-0.2, 0) is 9.47 Å². The van der Waals surface area contributed by atoms with Gasteiger partial charge in [0.2, 0.25) is 0 Å². The molecule has 2 heterocycles. The Morgan fingerprint density at radius 1 is 1.33 bits per heavy atom. The van der Waals surface area contributed by atoms with Crippen molar-refractivity contribution in [3.63, 3.8) is 0 Å². The van der Waals surface area contributed by atoms with E-state index < -0.39 is 0 Å². The zero-order valence-corrected chi connectivity index (χ0v) is 12.5. The highest BCUT2D eigenvalue weighted by atomic mass is 16.5. The van der Waals surface area contributed by atoms with Gasteiger partial charge in [-0.25, -0.2) is 0 Å². The van der Waals surface area contributed by atoms with Crippen LogP contribution in [0.25, 0.3) is 0 Å². The summed E-state index contributed by atoms with van der Waals surface area (Å²) in [7, 11) is 0. The van der Waals surface area contributed by atoms with Crippen LogP contribution in [0.2, 0.25) is 0 Å². The number of hydrogen-bond donors (Lipinski definition) is 1. The fourth-order valence-electron chi connectivity index (χ4n) is 2.34. The molecule has 0 aromatic rings. The van der Waals surface area contributed by atoms with Gasteiger partial charge in [0, 0.05) is 13.1 Å². The second-order valence-corrected chi connectivity index (χ2v) is 5.59. The summed E-state index contributed by atoms with van der Waals surface area (Å²) in [6.07, 6.45) is 2.42. The van der Waals surface area contributed by atoms with E-state index in [0.29, 0.717) is 0 Å². The lowest BCUT2D eigenvalue weighted by molar-refractivity contribution is -0.0735. The molecule has 2 aliphatic rings. The number of likely N-dealkylation sites (N-methyl/N-ethyl adjacent to an activating group) is 1. The van der Waals surface area contributed by atoms with Crippen LogP contribution < -0.4 is 5.32 Å². The summed E-state index contributed by atoms with van der Waals surface area (Å²) in [6.45, 7) is 14.8. The van der Waals surface area contributed by atoms with Crippen molar-refractivity contribution in [2.45, 2.75) is 46.3 Å². The van der Waals surface area contributed by atoms with Gasteiger partial charge < -0.3 is 9.47 Å². The molecular formula is C14H30N2O2. The summed E-state index contributed by atoms with van der Waals surface area (Å²) in [5, 5.41) is 3.00. The van der Waals surface area contributed by atoms with Crippen molar-refractivity contribution < 1.29 is 9.47 Å². The van der Waals surface area contributed by atoms with Gasteiger partial charge in [-0.3, -0.25) is 10.2 Å². The zero-order chi connectivity index (χ0) is 13.4. The number of hydrogen-bond acceptors (Lipinski definition) is 4. The van der Waals surface area contributed by atoms with Crippen molar-refractivity contribution in [1.29, 1.82) is 0 Å². The van der Waals surface area contributed by atoms with Gasteiger partial charge in [0.1, 0.15) is 5.72 Å². The lowest BCUT2D eigenvalue weighted by Crippen LogP contribution is -2.42. The van der Waals surface area contributed by atoms with Crippen molar-refractivity contribution in [2.24, 2.45) is 5.92 Å². The van der Waals surface area contributed by atoms with Crippen molar-refractivity contribution in [3.8, 4) is 0 Å². The fourth-order valence-corrected chi connectivity index (χ4v) is 2.34. The average molecular weight is 258 g/mol. The molecule has 1 unspecified atom stereocenters. The van der Waals surface area contributed by atoms with Crippen LogP contribution >= 0.6 is 0 Å². The molecular weight excluding hydrogens is 228 g/mol. The zero-order valence-electron chi connectivity index (χ0n) is 12.5. The molecule has 1 atom stereocenters. The van der Waals surface area contributed by atoms with Crippen LogP contribution in [0.3, 0.4) is 0 Å². The first-order chi connectivity index (χ1) is 8.58. The Kier molecular flexibility index (Phi) is 7.15. The minimum atomic E-state index is 0.0268. The maximum atomic E-state index is 5.82. The van der Waals surface area contributed by atoms with Crippen LogP contribution in [0.5, 0.6) is 0 Å². The second kappa shape index (κ2) is 8.10. The molecule has 0 amide bonds. The molecule has 108 valence electrons. The van der Waals surface area contributed by atoms with Crippen molar-refractivity contribution in [2.75, 3.05) is 39.6 Å². The van der Waals surface area contributed by atoms with Crippen LogP contribution in [-0.4, -0.2) is 50.2 Å². The summed E-state index contributed by atoms with van der Waals surface area (Å²) in [5.41, 5.74) is 0.0268. The average Bonchev–Trinajstić information content (AvgIpc) is 2.99. The van der Waals surface area contributed by atoms with Gasteiger partial charge >= 0.3 is 0 Å². The maximum Gasteiger partial charge on any atom is 0.119 e. The van der Waals surface area contributed by atoms with E-state index in [4.69, 9.17) is 9.47 Å². The largest absolute Gasteiger partial charge is 0.365 e. The van der Waals surface area contributed by atoms with Crippen molar-refractivity contribution in [1.82, 2.24) is 10.2 Å². The minimum Gasteiger partial charge on any atom is -0.365 e.